The summed E-state index contributed by atoms with van der Waals surface area (Å²) < 4.78 is 0. The molecule has 2 amide bonds. The van der Waals surface area contributed by atoms with Crippen LogP contribution in [0, 0.1) is 5.41 Å². The summed E-state index contributed by atoms with van der Waals surface area (Å²) in [4.78, 5) is 21.0. The highest BCUT2D eigenvalue weighted by Crippen LogP contribution is 2.27. The standard InChI is InChI=1S/C16H31NO2/c1-4-16(2,3)13-11-9-7-5-6-8-10-12-15(19)17-14-18/h14H,4-13H2,1-3H3,(H,17,18,19). The van der Waals surface area contributed by atoms with Gasteiger partial charge in [-0.25, -0.2) is 0 Å². The lowest BCUT2D eigenvalue weighted by Crippen LogP contribution is -2.20. The number of carbonyl (C=O) groups is 2. The molecule has 0 fully saturated rings. The summed E-state index contributed by atoms with van der Waals surface area (Å²) >= 11 is 0. The number of imide groups is 1. The zero-order valence-corrected chi connectivity index (χ0v) is 13.0. The van der Waals surface area contributed by atoms with Crippen LogP contribution < -0.4 is 5.32 Å². The Morgan fingerprint density at radius 2 is 1.53 bits per heavy atom. The maximum absolute atomic E-state index is 11.0. The molecule has 19 heavy (non-hydrogen) atoms. The molecule has 0 aliphatic heterocycles. The zero-order chi connectivity index (χ0) is 14.6. The second-order valence-electron chi connectivity index (χ2n) is 6.18. The van der Waals surface area contributed by atoms with Gasteiger partial charge in [0.05, 0.1) is 0 Å². The Hall–Kier alpha value is -0.860. The Bertz CT molecular complexity index is 249. The minimum atomic E-state index is -0.156. The first kappa shape index (κ1) is 18.1. The fraction of sp³-hybridized carbons (Fsp3) is 0.875. The summed E-state index contributed by atoms with van der Waals surface area (Å²) in [5, 5.41) is 2.16. The van der Waals surface area contributed by atoms with Gasteiger partial charge >= 0.3 is 0 Å². The zero-order valence-electron chi connectivity index (χ0n) is 13.0. The van der Waals surface area contributed by atoms with E-state index in [1.165, 1.54) is 44.9 Å². The van der Waals surface area contributed by atoms with Crippen molar-refractivity contribution in [1.82, 2.24) is 5.32 Å². The molecule has 0 aromatic carbocycles. The Morgan fingerprint density at radius 3 is 2.05 bits per heavy atom. The van der Waals surface area contributed by atoms with Crippen molar-refractivity contribution >= 4 is 12.3 Å². The topological polar surface area (TPSA) is 46.2 Å². The summed E-state index contributed by atoms with van der Waals surface area (Å²) in [6.07, 6.45) is 11.9. The molecule has 0 saturated carbocycles. The largest absolute Gasteiger partial charge is 0.299 e. The van der Waals surface area contributed by atoms with Crippen molar-refractivity contribution in [2.45, 2.75) is 85.0 Å². The van der Waals surface area contributed by atoms with E-state index in [0.717, 1.165) is 12.8 Å². The van der Waals surface area contributed by atoms with Gasteiger partial charge in [-0.2, -0.15) is 0 Å². The minimum Gasteiger partial charge on any atom is -0.299 e. The molecule has 0 unspecified atom stereocenters. The smallest absolute Gasteiger partial charge is 0.226 e. The van der Waals surface area contributed by atoms with Crippen LogP contribution in [-0.4, -0.2) is 12.3 Å². The van der Waals surface area contributed by atoms with Gasteiger partial charge in [0.1, 0.15) is 0 Å². The normalized spacial score (nSPS) is 11.3. The molecule has 3 heteroatoms. The van der Waals surface area contributed by atoms with Gasteiger partial charge in [0.2, 0.25) is 12.3 Å². The number of nitrogens with one attached hydrogen (secondary N) is 1. The van der Waals surface area contributed by atoms with Crippen molar-refractivity contribution in [3.05, 3.63) is 0 Å². The van der Waals surface area contributed by atoms with Crippen molar-refractivity contribution in [2.24, 2.45) is 5.41 Å². The summed E-state index contributed by atoms with van der Waals surface area (Å²) in [7, 11) is 0. The first-order valence-electron chi connectivity index (χ1n) is 7.75. The Balaban J connectivity index is 3.23. The molecule has 0 saturated heterocycles. The van der Waals surface area contributed by atoms with E-state index in [0.29, 0.717) is 18.2 Å². The highest BCUT2D eigenvalue weighted by Gasteiger charge is 2.13. The molecule has 0 atom stereocenters. The molecule has 0 bridgehead atoms. The predicted octanol–water partition coefficient (Wildman–Crippen LogP) is 4.21. The van der Waals surface area contributed by atoms with Gasteiger partial charge in [-0.1, -0.05) is 65.7 Å². The molecule has 0 heterocycles. The van der Waals surface area contributed by atoms with Crippen LogP contribution in [0.4, 0.5) is 0 Å². The van der Waals surface area contributed by atoms with Crippen LogP contribution in [0.25, 0.3) is 0 Å². The molecule has 0 rings (SSSR count). The van der Waals surface area contributed by atoms with Crippen molar-refractivity contribution in [1.29, 1.82) is 0 Å². The van der Waals surface area contributed by atoms with Crippen LogP contribution >= 0.6 is 0 Å². The lowest BCUT2D eigenvalue weighted by Gasteiger charge is -2.22. The summed E-state index contributed by atoms with van der Waals surface area (Å²) in [5.41, 5.74) is 0.506. The molecule has 0 aromatic rings. The van der Waals surface area contributed by atoms with Crippen LogP contribution in [0.5, 0.6) is 0 Å². The lowest BCUT2D eigenvalue weighted by molar-refractivity contribution is -0.125. The predicted molar refractivity (Wildman–Crippen MR) is 79.8 cm³/mol. The van der Waals surface area contributed by atoms with E-state index in [2.05, 4.69) is 26.1 Å². The third kappa shape index (κ3) is 11.9. The molecule has 3 nitrogen and oxygen atoms in total. The number of carbonyl (C=O) groups excluding carboxylic acids is 2. The molecule has 0 spiro atoms. The number of unbranched alkanes of at least 4 members (excludes halogenated alkanes) is 6. The Morgan fingerprint density at radius 1 is 1.00 bits per heavy atom. The summed E-state index contributed by atoms with van der Waals surface area (Å²) in [6, 6.07) is 0. The van der Waals surface area contributed by atoms with Crippen molar-refractivity contribution in [2.75, 3.05) is 0 Å². The molecule has 112 valence electrons. The Kier molecular flexibility index (Phi) is 10.5. The van der Waals surface area contributed by atoms with Gasteiger partial charge < -0.3 is 0 Å². The minimum absolute atomic E-state index is 0.156. The van der Waals surface area contributed by atoms with Crippen LogP contribution in [0.3, 0.4) is 0 Å². The summed E-state index contributed by atoms with van der Waals surface area (Å²) in [6.45, 7) is 6.95. The van der Waals surface area contributed by atoms with Crippen molar-refractivity contribution in [3.63, 3.8) is 0 Å². The van der Waals surface area contributed by atoms with Crippen LogP contribution in [0.1, 0.15) is 85.0 Å². The average molecular weight is 269 g/mol. The molecular formula is C16H31NO2. The average Bonchev–Trinajstić information content (AvgIpc) is 2.37. The number of hydrogen-bond donors (Lipinski definition) is 1. The Labute approximate surface area is 118 Å². The van der Waals surface area contributed by atoms with Crippen LogP contribution in [-0.2, 0) is 9.59 Å². The van der Waals surface area contributed by atoms with Crippen molar-refractivity contribution < 1.29 is 9.59 Å². The van der Waals surface area contributed by atoms with Gasteiger partial charge in [0.15, 0.2) is 0 Å². The van der Waals surface area contributed by atoms with E-state index >= 15 is 0 Å². The second kappa shape index (κ2) is 11.0. The molecule has 0 aromatic heterocycles. The van der Waals surface area contributed by atoms with E-state index < -0.39 is 0 Å². The SMILES string of the molecule is CCC(C)(C)CCCCCCCCCC(=O)NC=O. The molecule has 0 radical (unpaired) electrons. The highest BCUT2D eigenvalue weighted by atomic mass is 16.2. The lowest BCUT2D eigenvalue weighted by atomic mass is 9.84. The third-order valence-corrected chi connectivity index (χ3v) is 3.93. The third-order valence-electron chi connectivity index (χ3n) is 3.93. The first-order chi connectivity index (χ1) is 9.02. The van der Waals surface area contributed by atoms with Gasteiger partial charge in [-0.3, -0.25) is 14.9 Å². The van der Waals surface area contributed by atoms with E-state index in [4.69, 9.17) is 0 Å². The monoisotopic (exact) mass is 269 g/mol. The molecule has 1 N–H and O–H groups in total. The fourth-order valence-electron chi connectivity index (χ4n) is 2.09. The first-order valence-corrected chi connectivity index (χ1v) is 7.75. The van der Waals surface area contributed by atoms with Crippen LogP contribution in [0.15, 0.2) is 0 Å². The summed E-state index contributed by atoms with van der Waals surface area (Å²) in [5.74, 6) is -0.156. The van der Waals surface area contributed by atoms with E-state index in [-0.39, 0.29) is 5.91 Å². The number of hydrogen-bond acceptors (Lipinski definition) is 2. The quantitative estimate of drug-likeness (QED) is 0.426. The highest BCUT2D eigenvalue weighted by molar-refractivity contribution is 5.85. The molecule has 0 aliphatic carbocycles. The number of rotatable bonds is 12. The van der Waals surface area contributed by atoms with Gasteiger partial charge in [0.25, 0.3) is 0 Å². The van der Waals surface area contributed by atoms with Crippen molar-refractivity contribution in [3.8, 4) is 0 Å². The van der Waals surface area contributed by atoms with Gasteiger partial charge in [-0.15, -0.1) is 0 Å². The van der Waals surface area contributed by atoms with Crippen LogP contribution in [0.2, 0.25) is 0 Å². The van der Waals surface area contributed by atoms with Gasteiger partial charge in [0, 0.05) is 6.42 Å². The maximum Gasteiger partial charge on any atom is 0.226 e. The van der Waals surface area contributed by atoms with Gasteiger partial charge in [-0.05, 0) is 18.3 Å². The molecular weight excluding hydrogens is 238 g/mol. The fourth-order valence-corrected chi connectivity index (χ4v) is 2.09. The van der Waals surface area contributed by atoms with E-state index in [1.54, 1.807) is 0 Å². The number of amides is 2. The van der Waals surface area contributed by atoms with E-state index in [9.17, 15) is 9.59 Å². The maximum atomic E-state index is 11.0. The molecule has 0 aliphatic rings. The van der Waals surface area contributed by atoms with E-state index in [1.807, 2.05) is 0 Å². The second-order valence-corrected chi connectivity index (χ2v) is 6.18.